The number of ether oxygens (including phenoxy) is 3. The van der Waals surface area contributed by atoms with E-state index in [1.54, 1.807) is 0 Å². The molecule has 0 bridgehead atoms. The fourth-order valence-electron chi connectivity index (χ4n) is 6.11. The lowest BCUT2D eigenvalue weighted by molar-refractivity contribution is -0.246. The lowest BCUT2D eigenvalue weighted by Crippen LogP contribution is -2.36. The molecule has 344 valence electrons. The summed E-state index contributed by atoms with van der Waals surface area (Å²) >= 11 is 0. The van der Waals surface area contributed by atoms with Crippen molar-refractivity contribution >= 4 is 33.4 Å². The molecule has 7 atom stereocenters. The topological polar surface area (TPSA) is 271 Å². The van der Waals surface area contributed by atoms with Crippen LogP contribution in [0.3, 0.4) is 0 Å². The molecule has 1 fully saturated rings. The number of aliphatic hydroxyl groups excluding tert-OH is 2. The number of carbonyl (C=O) groups excluding carboxylic acids is 2. The number of hydrogen-bond donors (Lipinski definition) is 3. The van der Waals surface area contributed by atoms with Crippen LogP contribution in [-0.4, -0.2) is 75.9 Å². The second-order valence-electron chi connectivity index (χ2n) is 14.8. The van der Waals surface area contributed by atoms with E-state index in [2.05, 4.69) is 52.0 Å². The van der Waals surface area contributed by atoms with Gasteiger partial charge in [-0.15, -0.1) is 0 Å². The predicted octanol–water partition coefficient (Wildman–Crippen LogP) is 5.84. The maximum atomic E-state index is 12.7. The van der Waals surface area contributed by atoms with Crippen molar-refractivity contribution in [1.82, 2.24) is 9.55 Å². The van der Waals surface area contributed by atoms with Crippen molar-refractivity contribution in [2.24, 2.45) is 0 Å². The van der Waals surface area contributed by atoms with Crippen molar-refractivity contribution in [1.29, 1.82) is 0 Å². The van der Waals surface area contributed by atoms with Gasteiger partial charge in [-0.1, -0.05) is 89.5 Å². The van der Waals surface area contributed by atoms with Crippen LogP contribution in [0.1, 0.15) is 148 Å². The van der Waals surface area contributed by atoms with Crippen molar-refractivity contribution in [2.45, 2.75) is 173 Å². The van der Waals surface area contributed by atoms with E-state index in [-0.39, 0.29) is 18.7 Å². The van der Waals surface area contributed by atoms with Gasteiger partial charge in [0, 0.05) is 19.0 Å². The van der Waals surface area contributed by atoms with Gasteiger partial charge in [-0.2, -0.15) is 4.98 Å². The standard InChI is InChI=1S/C40H69N3O15P2/c1-3-5-7-9-11-13-15-17-19-21-23-25-35(44)53-29-32(56-36(45)26-24-22-20-18-16-14-12-10-8-6-4-2)30-54-59(49,50)58-60(51,52)55-31-33-37(46)38(47)39(57-33)43-28-27-34(41)42-40(43)48/h13-16,27-28,32-33,37-39,46-47H,3-12,17-26,29-31H2,1-2H3,(H,49,50)(H,51,52)(H2,41,42,48)/p-2/b15-13-,16-14-/t32-,33-,37-,38-,39-/m1/s1. The highest BCUT2D eigenvalue weighted by molar-refractivity contribution is 7.59. The second kappa shape index (κ2) is 30.3. The first-order valence-electron chi connectivity index (χ1n) is 21.3. The predicted molar refractivity (Wildman–Crippen MR) is 220 cm³/mol. The van der Waals surface area contributed by atoms with Crippen LogP contribution in [0, 0.1) is 0 Å². The number of rotatable bonds is 34. The van der Waals surface area contributed by atoms with E-state index in [9.17, 15) is 43.5 Å². The quantitative estimate of drug-likeness (QED) is 0.0317. The zero-order valence-corrected chi connectivity index (χ0v) is 37.0. The van der Waals surface area contributed by atoms with Crippen LogP contribution < -0.4 is 21.2 Å². The van der Waals surface area contributed by atoms with Crippen LogP contribution in [0.5, 0.6) is 0 Å². The number of esters is 2. The fraction of sp³-hybridized carbons (Fsp3) is 0.750. The highest BCUT2D eigenvalue weighted by Crippen LogP contribution is 2.56. The SMILES string of the molecule is CCCCCC/C=C\CCCCCC(=O)OC[C@H](COP(=O)([O-])OP(=O)([O-])OC[C@H]1O[C@@H](n2ccc(N)nc2=O)[C@H](O)[C@@H]1O)OC(=O)CCCCC/C=C\CCCCCC. The minimum absolute atomic E-state index is 0.00161. The smallest absolute Gasteiger partial charge is 0.351 e. The highest BCUT2D eigenvalue weighted by Gasteiger charge is 2.45. The lowest BCUT2D eigenvalue weighted by Gasteiger charge is -2.32. The number of nitrogens with zero attached hydrogens (tertiary/aromatic N) is 2. The first-order valence-corrected chi connectivity index (χ1v) is 24.2. The molecule has 60 heavy (non-hydrogen) atoms. The molecule has 2 rings (SSSR count). The van der Waals surface area contributed by atoms with Gasteiger partial charge in [0.15, 0.2) is 12.3 Å². The molecule has 0 amide bonds. The number of aliphatic hydroxyl groups is 2. The summed E-state index contributed by atoms with van der Waals surface area (Å²) in [4.78, 5) is 65.9. The summed E-state index contributed by atoms with van der Waals surface area (Å²) in [6.45, 7) is 1.80. The maximum Gasteiger partial charge on any atom is 0.351 e. The number of phosphoric acid groups is 2. The summed E-state index contributed by atoms with van der Waals surface area (Å²) < 4.78 is 55.4. The summed E-state index contributed by atoms with van der Waals surface area (Å²) in [6, 6.07) is 1.23. The first-order chi connectivity index (χ1) is 28.7. The third-order valence-corrected chi connectivity index (χ3v) is 12.0. The molecule has 1 saturated heterocycles. The number of hydrogen-bond acceptors (Lipinski definition) is 17. The Morgan fingerprint density at radius 2 is 1.32 bits per heavy atom. The van der Waals surface area contributed by atoms with Gasteiger partial charge in [-0.25, -0.2) is 9.11 Å². The number of carbonyl (C=O) groups is 2. The Kier molecular flexibility index (Phi) is 27.0. The maximum absolute atomic E-state index is 12.7. The van der Waals surface area contributed by atoms with E-state index in [4.69, 9.17) is 24.5 Å². The third kappa shape index (κ3) is 23.5. The van der Waals surface area contributed by atoms with Crippen molar-refractivity contribution in [3.63, 3.8) is 0 Å². The Morgan fingerprint density at radius 1 is 0.800 bits per heavy atom. The largest absolute Gasteiger partial charge is 0.756 e. The van der Waals surface area contributed by atoms with Gasteiger partial charge in [0.2, 0.25) is 0 Å². The van der Waals surface area contributed by atoms with E-state index in [1.807, 2.05) is 0 Å². The van der Waals surface area contributed by atoms with Gasteiger partial charge in [-0.05, 0) is 70.3 Å². The number of nitrogen functional groups attached to an aromatic ring is 1. The Balaban J connectivity index is 1.87. The zero-order valence-electron chi connectivity index (χ0n) is 35.2. The Morgan fingerprint density at radius 3 is 1.85 bits per heavy atom. The molecule has 2 heterocycles. The molecule has 1 aromatic rings. The summed E-state index contributed by atoms with van der Waals surface area (Å²) in [5.74, 6) is -1.41. The van der Waals surface area contributed by atoms with Crippen molar-refractivity contribution in [3.8, 4) is 0 Å². The van der Waals surface area contributed by atoms with E-state index in [0.717, 1.165) is 68.6 Å². The molecular formula is C40H67N3O15P2-2. The lowest BCUT2D eigenvalue weighted by atomic mass is 10.1. The average Bonchev–Trinajstić information content (AvgIpc) is 3.47. The molecule has 18 nitrogen and oxygen atoms in total. The number of aromatic nitrogens is 2. The first kappa shape index (κ1) is 53.4. The normalized spacial score (nSPS) is 20.6. The van der Waals surface area contributed by atoms with Gasteiger partial charge in [0.1, 0.15) is 30.7 Å². The minimum atomic E-state index is -5.73. The van der Waals surface area contributed by atoms with Gasteiger partial charge in [-0.3, -0.25) is 23.3 Å². The van der Waals surface area contributed by atoms with Crippen LogP contribution in [0.25, 0.3) is 0 Å². The minimum Gasteiger partial charge on any atom is -0.756 e. The van der Waals surface area contributed by atoms with Gasteiger partial charge < -0.3 is 49.0 Å². The second-order valence-corrected chi connectivity index (χ2v) is 17.7. The van der Waals surface area contributed by atoms with Gasteiger partial charge in [0.05, 0.1) is 13.2 Å². The van der Waals surface area contributed by atoms with Crippen LogP contribution >= 0.6 is 15.6 Å². The number of anilines is 1. The molecule has 0 aromatic carbocycles. The number of unbranched alkanes of at least 4 members (excludes halogenated alkanes) is 14. The van der Waals surface area contributed by atoms with E-state index >= 15 is 0 Å². The molecule has 1 aliphatic rings. The number of phosphoric ester groups is 2. The van der Waals surface area contributed by atoms with Crippen molar-refractivity contribution in [2.75, 3.05) is 25.6 Å². The zero-order chi connectivity index (χ0) is 44.2. The van der Waals surface area contributed by atoms with E-state index in [0.29, 0.717) is 12.8 Å². The summed E-state index contributed by atoms with van der Waals surface area (Å²) in [7, 11) is -11.4. The van der Waals surface area contributed by atoms with Gasteiger partial charge in [0.25, 0.3) is 15.6 Å². The summed E-state index contributed by atoms with van der Waals surface area (Å²) in [5.41, 5.74) is 4.53. The van der Waals surface area contributed by atoms with Crippen molar-refractivity contribution < 1.29 is 66.3 Å². The molecule has 0 aliphatic carbocycles. The van der Waals surface area contributed by atoms with Crippen LogP contribution in [0.2, 0.25) is 0 Å². The highest BCUT2D eigenvalue weighted by atomic mass is 31.3. The van der Waals surface area contributed by atoms with E-state index < -0.39 is 83.7 Å². The molecule has 0 spiro atoms. The number of nitrogens with two attached hydrogens (primary N) is 1. The van der Waals surface area contributed by atoms with Crippen LogP contribution in [0.4, 0.5) is 5.82 Å². The molecule has 0 radical (unpaired) electrons. The summed E-state index contributed by atoms with van der Waals surface area (Å²) in [5, 5.41) is 20.8. The number of allylic oxidation sites excluding steroid dienone is 4. The Hall–Kier alpha value is -2.76. The summed E-state index contributed by atoms with van der Waals surface area (Å²) in [6.07, 6.45) is 19.7. The molecule has 1 aliphatic heterocycles. The molecule has 2 unspecified atom stereocenters. The van der Waals surface area contributed by atoms with Crippen molar-refractivity contribution in [3.05, 3.63) is 47.1 Å². The molecular weight excluding hydrogens is 824 g/mol. The molecule has 0 saturated carbocycles. The Bertz CT molecular complexity index is 1590. The average molecular weight is 892 g/mol. The van der Waals surface area contributed by atoms with Crippen LogP contribution in [-0.2, 0) is 46.3 Å². The molecule has 20 heteroatoms. The third-order valence-electron chi connectivity index (χ3n) is 9.49. The van der Waals surface area contributed by atoms with Gasteiger partial charge >= 0.3 is 17.6 Å². The molecule has 1 aromatic heterocycles. The Labute approximate surface area is 354 Å². The fourth-order valence-corrected chi connectivity index (χ4v) is 8.15. The van der Waals surface area contributed by atoms with Crippen LogP contribution in [0.15, 0.2) is 41.4 Å². The monoisotopic (exact) mass is 891 g/mol. The van der Waals surface area contributed by atoms with E-state index in [1.165, 1.54) is 51.0 Å². The molecule has 4 N–H and O–H groups in total.